The molecule has 0 saturated carbocycles. The number of carbonyl (C=O) groups is 1. The molecular formula is C28H28BrN6O3S. The number of nitrogen functional groups attached to an aromatic ring is 1. The van der Waals surface area contributed by atoms with Crippen LogP contribution in [0.25, 0.3) is 11.2 Å². The largest absolute Gasteiger partial charge is 0.454 e. The van der Waals surface area contributed by atoms with Crippen molar-refractivity contribution >= 4 is 50.6 Å². The topological polar surface area (TPSA) is 108 Å². The van der Waals surface area contributed by atoms with Crippen LogP contribution in [0.5, 0.6) is 11.5 Å². The van der Waals surface area contributed by atoms with Gasteiger partial charge in [0.05, 0.1) is 0 Å². The summed E-state index contributed by atoms with van der Waals surface area (Å²) < 4.78 is 14.1. The molecule has 1 radical (unpaired) electrons. The molecule has 1 fully saturated rings. The lowest BCUT2D eigenvalue weighted by Gasteiger charge is -2.32. The number of hydrogen-bond donors (Lipinski definition) is 1. The van der Waals surface area contributed by atoms with Crippen molar-refractivity contribution in [2.75, 3.05) is 25.6 Å². The molecule has 2 aliphatic heterocycles. The first-order valence-corrected chi connectivity index (χ1v) is 14.5. The number of hydrogen-bond acceptors (Lipinski definition) is 8. The molecule has 0 unspecified atom stereocenters. The van der Waals surface area contributed by atoms with Crippen molar-refractivity contribution in [3.63, 3.8) is 0 Å². The summed E-state index contributed by atoms with van der Waals surface area (Å²) >= 11 is 5.18. The molecule has 0 bridgehead atoms. The van der Waals surface area contributed by atoms with E-state index in [0.29, 0.717) is 23.0 Å². The van der Waals surface area contributed by atoms with E-state index in [1.165, 1.54) is 18.1 Å². The van der Waals surface area contributed by atoms with Crippen molar-refractivity contribution in [1.82, 2.24) is 24.4 Å². The van der Waals surface area contributed by atoms with Crippen LogP contribution >= 0.6 is 27.7 Å². The fourth-order valence-electron chi connectivity index (χ4n) is 5.22. The summed E-state index contributed by atoms with van der Waals surface area (Å²) in [6.45, 7) is 6.42. The Balaban J connectivity index is 1.17. The number of benzene rings is 2. The van der Waals surface area contributed by atoms with Gasteiger partial charge in [0, 0.05) is 34.6 Å². The summed E-state index contributed by atoms with van der Waals surface area (Å²) in [5.74, 6) is 2.39. The second kappa shape index (κ2) is 10.7. The van der Waals surface area contributed by atoms with E-state index in [0.717, 1.165) is 81.5 Å². The van der Waals surface area contributed by atoms with Crippen LogP contribution in [0.4, 0.5) is 5.82 Å². The summed E-state index contributed by atoms with van der Waals surface area (Å²) in [6, 6.07) is 11.0. The van der Waals surface area contributed by atoms with Crippen molar-refractivity contribution < 1.29 is 14.3 Å². The number of aromatic nitrogens is 4. The smallest absolute Gasteiger partial charge is 0.253 e. The molecule has 6 rings (SSSR count). The zero-order valence-corrected chi connectivity index (χ0v) is 24.1. The van der Waals surface area contributed by atoms with Gasteiger partial charge in [-0.1, -0.05) is 11.8 Å². The average Bonchev–Trinajstić information content (AvgIpc) is 3.51. The number of nitrogens with two attached hydrogens (primary N) is 1. The number of ether oxygens (including phenoxy) is 2. The fourth-order valence-corrected chi connectivity index (χ4v) is 6.73. The number of halogens is 1. The molecule has 2 aromatic heterocycles. The van der Waals surface area contributed by atoms with E-state index in [2.05, 4.69) is 36.5 Å². The number of aryl methyl sites for hydroxylation is 3. The number of fused-ring (bicyclic) bond motifs is 2. The Morgan fingerprint density at radius 2 is 1.85 bits per heavy atom. The quantitative estimate of drug-likeness (QED) is 0.310. The van der Waals surface area contributed by atoms with Gasteiger partial charge in [0.2, 0.25) is 6.79 Å². The minimum Gasteiger partial charge on any atom is -0.454 e. The molecule has 0 spiro atoms. The molecule has 2 N–H and O–H groups in total. The van der Waals surface area contributed by atoms with Crippen LogP contribution in [0.3, 0.4) is 0 Å². The monoisotopic (exact) mass is 607 g/mol. The molecule has 2 aliphatic rings. The van der Waals surface area contributed by atoms with Gasteiger partial charge in [0.1, 0.15) is 6.33 Å². The minimum absolute atomic E-state index is 0.106. The average molecular weight is 609 g/mol. The van der Waals surface area contributed by atoms with Gasteiger partial charge in [-0.3, -0.25) is 4.79 Å². The highest BCUT2D eigenvalue weighted by molar-refractivity contribution is 9.10. The standard InChI is InChI=1S/C28H28BrN6O3S/c1-16-9-17(2)11-19(10-16)27(36)34-6-3-18(4-7-34)5-8-35-26-24(25(30)31-14-32-26)33-28(35)39-23-13-22-21(12-20(23)29)37-15-38-22/h10-14,18H,3-8,15H2,1-2H3,(H2,30,31,32). The number of likely N-dealkylation sites (tertiary alicyclic amines) is 1. The molecule has 0 atom stereocenters. The Kier molecular flexibility index (Phi) is 7.11. The molecule has 1 amide bonds. The summed E-state index contributed by atoms with van der Waals surface area (Å²) in [6.07, 6.45) is 4.35. The van der Waals surface area contributed by atoms with Crippen LogP contribution in [-0.2, 0) is 6.54 Å². The Morgan fingerprint density at radius 1 is 1.13 bits per heavy atom. The van der Waals surface area contributed by atoms with E-state index in [4.69, 9.17) is 20.2 Å². The minimum atomic E-state index is 0.106. The molecule has 2 aromatic carbocycles. The van der Waals surface area contributed by atoms with Crippen LogP contribution in [-0.4, -0.2) is 50.2 Å². The van der Waals surface area contributed by atoms with Gasteiger partial charge < -0.3 is 24.7 Å². The number of carbonyl (C=O) groups excluding carboxylic acids is 1. The van der Waals surface area contributed by atoms with Gasteiger partial charge >= 0.3 is 0 Å². The number of amides is 1. The van der Waals surface area contributed by atoms with Gasteiger partial charge in [0.25, 0.3) is 5.91 Å². The summed E-state index contributed by atoms with van der Waals surface area (Å²) in [7, 11) is 0. The van der Waals surface area contributed by atoms with Crippen molar-refractivity contribution in [3.8, 4) is 11.5 Å². The second-order valence-electron chi connectivity index (χ2n) is 9.97. The van der Waals surface area contributed by atoms with E-state index < -0.39 is 0 Å². The van der Waals surface area contributed by atoms with E-state index >= 15 is 0 Å². The molecular weight excluding hydrogens is 580 g/mol. The predicted octanol–water partition coefficient (Wildman–Crippen LogP) is 5.41. The second-order valence-corrected chi connectivity index (χ2v) is 11.8. The van der Waals surface area contributed by atoms with Crippen molar-refractivity contribution in [2.45, 2.75) is 49.7 Å². The first-order chi connectivity index (χ1) is 18.9. The van der Waals surface area contributed by atoms with Crippen LogP contribution in [0.2, 0.25) is 0 Å². The molecule has 4 heterocycles. The zero-order chi connectivity index (χ0) is 27.1. The van der Waals surface area contributed by atoms with Gasteiger partial charge in [-0.05, 0) is 96.4 Å². The van der Waals surface area contributed by atoms with Crippen molar-refractivity contribution in [2.24, 2.45) is 5.92 Å². The third kappa shape index (κ3) is 5.29. The number of imidazole rings is 1. The van der Waals surface area contributed by atoms with Crippen molar-refractivity contribution in [3.05, 3.63) is 57.8 Å². The van der Waals surface area contributed by atoms with E-state index in [-0.39, 0.29) is 12.7 Å². The fraction of sp³-hybridized carbons (Fsp3) is 0.357. The first-order valence-electron chi connectivity index (χ1n) is 12.9. The summed E-state index contributed by atoms with van der Waals surface area (Å²) in [4.78, 5) is 29.5. The molecule has 9 nitrogen and oxygen atoms in total. The maximum atomic E-state index is 13.1. The number of rotatable bonds is 6. The van der Waals surface area contributed by atoms with Crippen molar-refractivity contribution in [1.29, 1.82) is 0 Å². The van der Waals surface area contributed by atoms with Crippen LogP contribution in [0.15, 0.2) is 45.1 Å². The maximum Gasteiger partial charge on any atom is 0.253 e. The Morgan fingerprint density at radius 3 is 2.59 bits per heavy atom. The van der Waals surface area contributed by atoms with Gasteiger partial charge in [0.15, 0.2) is 33.6 Å². The lowest BCUT2D eigenvalue weighted by Crippen LogP contribution is -2.38. The molecule has 4 aromatic rings. The Bertz CT molecular complexity index is 1550. The summed E-state index contributed by atoms with van der Waals surface area (Å²) in [5, 5.41) is 0.788. The maximum absolute atomic E-state index is 13.1. The number of piperidine rings is 1. The van der Waals surface area contributed by atoms with E-state index in [1.807, 2.05) is 43.0 Å². The van der Waals surface area contributed by atoms with Crippen LogP contribution in [0.1, 0.15) is 40.7 Å². The Labute approximate surface area is 239 Å². The third-order valence-corrected chi connectivity index (χ3v) is 9.17. The lowest BCUT2D eigenvalue weighted by atomic mass is 9.93. The molecule has 201 valence electrons. The van der Waals surface area contributed by atoms with Gasteiger partial charge in [-0.2, -0.15) is 0 Å². The van der Waals surface area contributed by atoms with Gasteiger partial charge in [-0.15, -0.1) is 0 Å². The highest BCUT2D eigenvalue weighted by Gasteiger charge is 2.25. The predicted molar refractivity (Wildman–Crippen MR) is 152 cm³/mol. The van der Waals surface area contributed by atoms with Crippen LogP contribution in [0, 0.1) is 25.8 Å². The lowest BCUT2D eigenvalue weighted by molar-refractivity contribution is 0.0684. The number of nitrogens with zero attached hydrogens (tertiary/aromatic N) is 5. The molecule has 0 aliphatic carbocycles. The van der Waals surface area contributed by atoms with Crippen LogP contribution < -0.4 is 15.2 Å². The molecule has 1 saturated heterocycles. The highest BCUT2D eigenvalue weighted by Crippen LogP contribution is 2.43. The molecule has 39 heavy (non-hydrogen) atoms. The van der Waals surface area contributed by atoms with E-state index in [9.17, 15) is 4.79 Å². The SMILES string of the molecule is Cc1[c]c(C)cc(C(=O)N2CCC(CCn3c(Sc4cc5c(cc4Br)OCO5)nc4c(N)ncnc43)CC2)c1. The normalized spacial score (nSPS) is 15.3. The highest BCUT2D eigenvalue weighted by atomic mass is 79.9. The third-order valence-electron chi connectivity index (χ3n) is 7.20. The Hall–Kier alpha value is -3.31. The first kappa shape index (κ1) is 25.9. The van der Waals surface area contributed by atoms with E-state index in [1.54, 1.807) is 0 Å². The molecule has 11 heteroatoms. The zero-order valence-electron chi connectivity index (χ0n) is 21.7. The summed E-state index contributed by atoms with van der Waals surface area (Å²) in [5.41, 5.74) is 10.2. The van der Waals surface area contributed by atoms with Gasteiger partial charge in [-0.25, -0.2) is 15.0 Å². The number of anilines is 1.